The first-order valence-corrected chi connectivity index (χ1v) is 6.98. The minimum atomic E-state index is -5.63. The van der Waals surface area contributed by atoms with E-state index in [-0.39, 0.29) is 12.5 Å². The lowest BCUT2D eigenvalue weighted by Gasteiger charge is -2.27. The number of carbonyl (C=O) groups is 1. The van der Waals surface area contributed by atoms with Crippen molar-refractivity contribution < 1.29 is 31.1 Å². The van der Waals surface area contributed by atoms with E-state index >= 15 is 0 Å². The molecule has 1 fully saturated rings. The molecule has 0 aliphatic heterocycles. The first-order valence-electron chi connectivity index (χ1n) is 6.07. The lowest BCUT2D eigenvalue weighted by atomic mass is 9.89. The maximum atomic E-state index is 12.3. The molecule has 20 heavy (non-hydrogen) atoms. The maximum absolute atomic E-state index is 12.3. The molecule has 1 aliphatic carbocycles. The molecular formula is C11H14BrF6NO. The first-order chi connectivity index (χ1) is 9.01. The average molecular weight is 370 g/mol. The summed E-state index contributed by atoms with van der Waals surface area (Å²) in [5.74, 6) is -6.05. The van der Waals surface area contributed by atoms with E-state index in [9.17, 15) is 31.1 Å². The molecule has 0 aromatic rings. The molecule has 0 aromatic carbocycles. The Morgan fingerprint density at radius 3 is 1.90 bits per heavy atom. The Morgan fingerprint density at radius 2 is 1.50 bits per heavy atom. The van der Waals surface area contributed by atoms with Crippen molar-refractivity contribution in [3.8, 4) is 0 Å². The van der Waals surface area contributed by atoms with Crippen LogP contribution in [0.3, 0.4) is 0 Å². The molecule has 0 aromatic heterocycles. The van der Waals surface area contributed by atoms with Gasteiger partial charge in [0.25, 0.3) is 0 Å². The average Bonchev–Trinajstić information content (AvgIpc) is 2.24. The fourth-order valence-electron chi connectivity index (χ4n) is 2.16. The fraction of sp³-hybridized carbons (Fsp3) is 0.909. The molecule has 0 spiro atoms. The third-order valence-electron chi connectivity index (χ3n) is 3.26. The number of amides is 1. The van der Waals surface area contributed by atoms with E-state index in [1.165, 1.54) is 0 Å². The van der Waals surface area contributed by atoms with E-state index in [4.69, 9.17) is 0 Å². The van der Waals surface area contributed by atoms with Crippen molar-refractivity contribution in [3.63, 3.8) is 0 Å². The SMILES string of the molecule is O=C(NCC1CCC(Br)CC1)C(C(F)(F)F)C(F)(F)F. The summed E-state index contributed by atoms with van der Waals surface area (Å²) < 4.78 is 73.8. The van der Waals surface area contributed by atoms with Gasteiger partial charge in [-0.15, -0.1) is 0 Å². The second-order valence-electron chi connectivity index (χ2n) is 4.88. The van der Waals surface area contributed by atoms with Crippen molar-refractivity contribution in [2.45, 2.75) is 42.9 Å². The van der Waals surface area contributed by atoms with Gasteiger partial charge in [-0.1, -0.05) is 15.9 Å². The second-order valence-corrected chi connectivity index (χ2v) is 6.17. The Hall–Kier alpha value is -0.470. The topological polar surface area (TPSA) is 29.1 Å². The van der Waals surface area contributed by atoms with Crippen molar-refractivity contribution in [1.82, 2.24) is 5.32 Å². The summed E-state index contributed by atoms with van der Waals surface area (Å²) in [6.07, 6.45) is -8.34. The van der Waals surface area contributed by atoms with Crippen LogP contribution >= 0.6 is 15.9 Å². The molecule has 1 N–H and O–H groups in total. The predicted octanol–water partition coefficient (Wildman–Crippen LogP) is 3.80. The summed E-state index contributed by atoms with van der Waals surface area (Å²) in [6, 6.07) is 0. The molecule has 2 nitrogen and oxygen atoms in total. The van der Waals surface area contributed by atoms with Crippen LogP contribution in [0.15, 0.2) is 0 Å². The Kier molecular flexibility index (Phi) is 5.74. The normalized spacial score (nSPS) is 24.8. The lowest BCUT2D eigenvalue weighted by molar-refractivity contribution is -0.274. The largest absolute Gasteiger partial charge is 0.409 e. The van der Waals surface area contributed by atoms with Crippen LogP contribution < -0.4 is 5.32 Å². The highest BCUT2D eigenvalue weighted by Gasteiger charge is 2.61. The molecule has 1 saturated carbocycles. The van der Waals surface area contributed by atoms with E-state index in [1.807, 2.05) is 0 Å². The molecule has 1 aliphatic rings. The third-order valence-corrected chi connectivity index (χ3v) is 4.17. The Bertz CT molecular complexity index is 321. The standard InChI is InChI=1S/C11H14BrF6NO/c12-7-3-1-6(2-4-7)5-19-9(20)8(10(13,14)15)11(16,17)18/h6-8H,1-5H2,(H,19,20). The van der Waals surface area contributed by atoms with E-state index in [1.54, 1.807) is 5.32 Å². The van der Waals surface area contributed by atoms with Gasteiger partial charge in [-0.25, -0.2) is 0 Å². The number of hydrogen-bond acceptors (Lipinski definition) is 1. The molecule has 1 amide bonds. The minimum absolute atomic E-state index is 0.0742. The summed E-state index contributed by atoms with van der Waals surface area (Å²) in [5.41, 5.74) is 0. The molecule has 1 rings (SSSR count). The lowest BCUT2D eigenvalue weighted by Crippen LogP contribution is -2.48. The van der Waals surface area contributed by atoms with Crippen molar-refractivity contribution in [2.24, 2.45) is 11.8 Å². The van der Waals surface area contributed by atoms with Crippen LogP contribution in [0.1, 0.15) is 25.7 Å². The molecular weight excluding hydrogens is 356 g/mol. The number of nitrogens with one attached hydrogen (secondary N) is 1. The molecule has 118 valence electrons. The Labute approximate surface area is 120 Å². The Morgan fingerprint density at radius 1 is 1.05 bits per heavy atom. The minimum Gasteiger partial charge on any atom is -0.355 e. The van der Waals surface area contributed by atoms with Gasteiger partial charge in [0.1, 0.15) is 0 Å². The molecule has 0 atom stereocenters. The van der Waals surface area contributed by atoms with Crippen LogP contribution in [0.4, 0.5) is 26.3 Å². The van der Waals surface area contributed by atoms with Gasteiger partial charge < -0.3 is 5.32 Å². The summed E-state index contributed by atoms with van der Waals surface area (Å²) >= 11 is 3.39. The van der Waals surface area contributed by atoms with Gasteiger partial charge in [0.05, 0.1) is 0 Å². The van der Waals surface area contributed by atoms with Crippen LogP contribution in [-0.4, -0.2) is 29.6 Å². The molecule has 0 radical (unpaired) electrons. The van der Waals surface area contributed by atoms with Crippen molar-refractivity contribution in [3.05, 3.63) is 0 Å². The predicted molar refractivity (Wildman–Crippen MR) is 63.3 cm³/mol. The number of halogens is 7. The van der Waals surface area contributed by atoms with Gasteiger partial charge >= 0.3 is 12.4 Å². The zero-order valence-corrected chi connectivity index (χ0v) is 11.9. The summed E-state index contributed by atoms with van der Waals surface area (Å²) in [4.78, 5) is 11.5. The van der Waals surface area contributed by atoms with E-state index < -0.39 is 24.2 Å². The van der Waals surface area contributed by atoms with Crippen LogP contribution in [-0.2, 0) is 4.79 Å². The summed E-state index contributed by atoms with van der Waals surface area (Å²) in [6.45, 7) is -0.152. The van der Waals surface area contributed by atoms with Gasteiger partial charge in [-0.2, -0.15) is 26.3 Å². The zero-order valence-electron chi connectivity index (χ0n) is 10.3. The highest BCUT2D eigenvalue weighted by atomic mass is 79.9. The van der Waals surface area contributed by atoms with Crippen LogP contribution in [0, 0.1) is 11.8 Å². The van der Waals surface area contributed by atoms with Gasteiger partial charge in [0.2, 0.25) is 11.8 Å². The van der Waals surface area contributed by atoms with Gasteiger partial charge in [0.15, 0.2) is 0 Å². The maximum Gasteiger partial charge on any atom is 0.409 e. The van der Waals surface area contributed by atoms with E-state index in [2.05, 4.69) is 15.9 Å². The molecule has 0 saturated heterocycles. The zero-order chi connectivity index (χ0) is 15.6. The van der Waals surface area contributed by atoms with Crippen molar-refractivity contribution in [1.29, 1.82) is 0 Å². The third kappa shape index (κ3) is 5.14. The Balaban J connectivity index is 2.55. The first kappa shape index (κ1) is 17.6. The highest BCUT2D eigenvalue weighted by Crippen LogP contribution is 2.39. The van der Waals surface area contributed by atoms with Gasteiger partial charge in [-0.05, 0) is 31.6 Å². The smallest absolute Gasteiger partial charge is 0.355 e. The summed E-state index contributed by atoms with van der Waals surface area (Å²) in [5, 5.41) is 1.79. The highest BCUT2D eigenvalue weighted by molar-refractivity contribution is 9.09. The fourth-order valence-corrected chi connectivity index (χ4v) is 2.68. The van der Waals surface area contributed by atoms with Crippen LogP contribution in [0.25, 0.3) is 0 Å². The number of alkyl halides is 7. The molecule has 0 heterocycles. The number of rotatable bonds is 3. The summed E-state index contributed by atoms with van der Waals surface area (Å²) in [7, 11) is 0. The van der Waals surface area contributed by atoms with Gasteiger partial charge in [-0.3, -0.25) is 4.79 Å². The molecule has 0 unspecified atom stereocenters. The van der Waals surface area contributed by atoms with Gasteiger partial charge in [0, 0.05) is 11.4 Å². The van der Waals surface area contributed by atoms with Crippen LogP contribution in [0.5, 0.6) is 0 Å². The van der Waals surface area contributed by atoms with E-state index in [0.29, 0.717) is 17.7 Å². The second kappa shape index (κ2) is 6.53. The molecule has 9 heteroatoms. The van der Waals surface area contributed by atoms with Crippen molar-refractivity contribution >= 4 is 21.8 Å². The monoisotopic (exact) mass is 369 g/mol. The number of hydrogen-bond donors (Lipinski definition) is 1. The van der Waals surface area contributed by atoms with Crippen LogP contribution in [0.2, 0.25) is 0 Å². The van der Waals surface area contributed by atoms with E-state index in [0.717, 1.165) is 12.8 Å². The number of carbonyl (C=O) groups excluding carboxylic acids is 1. The van der Waals surface area contributed by atoms with Crippen molar-refractivity contribution in [2.75, 3.05) is 6.54 Å². The molecule has 0 bridgehead atoms. The quantitative estimate of drug-likeness (QED) is 0.595.